The van der Waals surface area contributed by atoms with E-state index in [2.05, 4.69) is 20.0 Å². The molecule has 3 aromatic rings. The lowest BCUT2D eigenvalue weighted by Crippen LogP contribution is -2.32. The molecule has 1 heterocycles. The molecule has 1 aromatic heterocycles. The Morgan fingerprint density at radius 1 is 1.15 bits per heavy atom. The number of ether oxygens (including phenoxy) is 1. The number of nitrogens with one attached hydrogen (secondary N) is 2. The van der Waals surface area contributed by atoms with E-state index in [-0.39, 0.29) is 29.2 Å². The van der Waals surface area contributed by atoms with Gasteiger partial charge in [0, 0.05) is 5.56 Å². The van der Waals surface area contributed by atoms with Crippen LogP contribution in [0.2, 0.25) is 0 Å². The molecule has 0 bridgehead atoms. The number of carbonyl (C=O) groups is 1. The van der Waals surface area contributed by atoms with Gasteiger partial charge in [-0.15, -0.1) is 0 Å². The van der Waals surface area contributed by atoms with Crippen molar-refractivity contribution in [2.45, 2.75) is 26.5 Å². The van der Waals surface area contributed by atoms with Crippen LogP contribution in [0.1, 0.15) is 36.1 Å². The molecule has 1 amide bonds. The molecule has 1 atom stereocenters. The van der Waals surface area contributed by atoms with Crippen LogP contribution >= 0.6 is 0 Å². The summed E-state index contributed by atoms with van der Waals surface area (Å²) in [7, 11) is 0. The number of benzene rings is 2. The average molecular weight is 359 g/mol. The number of H-pyrrole nitrogens is 1. The van der Waals surface area contributed by atoms with E-state index in [9.17, 15) is 13.6 Å². The van der Waals surface area contributed by atoms with Crippen molar-refractivity contribution in [1.29, 1.82) is 0 Å². The number of hydrogen-bond donors (Lipinski definition) is 2. The highest BCUT2D eigenvalue weighted by atomic mass is 19.3. The molecule has 0 saturated heterocycles. The Bertz CT molecular complexity index is 875. The minimum atomic E-state index is -2.94. The summed E-state index contributed by atoms with van der Waals surface area (Å²) in [5, 5.41) is 2.91. The van der Waals surface area contributed by atoms with Gasteiger partial charge >= 0.3 is 6.61 Å². The van der Waals surface area contributed by atoms with Crippen molar-refractivity contribution in [3.05, 3.63) is 59.9 Å². The number of aromatic amines is 1. The Balaban J connectivity index is 1.83. The number of aromatic nitrogens is 2. The number of amides is 1. The second-order valence-corrected chi connectivity index (χ2v) is 6.24. The molecule has 26 heavy (non-hydrogen) atoms. The summed E-state index contributed by atoms with van der Waals surface area (Å²) in [5.41, 5.74) is 1.94. The molecular formula is C19H19F2N3O2. The van der Waals surface area contributed by atoms with E-state index in [0.29, 0.717) is 5.82 Å². The highest BCUT2D eigenvalue weighted by Crippen LogP contribution is 2.23. The predicted molar refractivity (Wildman–Crippen MR) is 94.2 cm³/mol. The minimum absolute atomic E-state index is 0.0579. The van der Waals surface area contributed by atoms with E-state index in [1.54, 1.807) is 6.07 Å². The normalized spacial score (nSPS) is 12.5. The zero-order chi connectivity index (χ0) is 18.7. The van der Waals surface area contributed by atoms with Gasteiger partial charge in [-0.2, -0.15) is 8.78 Å². The van der Waals surface area contributed by atoms with Crippen LogP contribution in [-0.4, -0.2) is 22.5 Å². The Morgan fingerprint density at radius 3 is 2.62 bits per heavy atom. The molecule has 5 nitrogen and oxygen atoms in total. The van der Waals surface area contributed by atoms with Gasteiger partial charge in [0.25, 0.3) is 5.91 Å². The van der Waals surface area contributed by atoms with Crippen molar-refractivity contribution in [2.24, 2.45) is 5.92 Å². The summed E-state index contributed by atoms with van der Waals surface area (Å²) < 4.78 is 29.1. The third kappa shape index (κ3) is 3.99. The highest BCUT2D eigenvalue weighted by Gasteiger charge is 2.22. The van der Waals surface area contributed by atoms with Crippen molar-refractivity contribution in [3.8, 4) is 5.75 Å². The molecule has 0 aliphatic heterocycles. The number of para-hydroxylation sites is 2. The van der Waals surface area contributed by atoms with E-state index in [4.69, 9.17) is 0 Å². The van der Waals surface area contributed by atoms with Crippen LogP contribution in [0.15, 0.2) is 48.5 Å². The summed E-state index contributed by atoms with van der Waals surface area (Å²) in [6, 6.07) is 13.0. The lowest BCUT2D eigenvalue weighted by atomic mass is 10.0. The third-order valence-corrected chi connectivity index (χ3v) is 3.98. The van der Waals surface area contributed by atoms with Crippen molar-refractivity contribution in [1.82, 2.24) is 15.3 Å². The van der Waals surface area contributed by atoms with Gasteiger partial charge in [0.05, 0.1) is 17.1 Å². The summed E-state index contributed by atoms with van der Waals surface area (Å²) >= 11 is 0. The van der Waals surface area contributed by atoms with Gasteiger partial charge in [-0.1, -0.05) is 32.0 Å². The standard InChI is InChI=1S/C19H19F2N3O2/c1-11(2)16(17-22-14-8-3-4-9-15(14)23-17)24-18(25)12-6-5-7-13(10-12)26-19(20)21/h3-11,16,19H,1-2H3,(H,22,23)(H,24,25)/t16-/m0/s1. The molecule has 0 fully saturated rings. The van der Waals surface area contributed by atoms with Crippen molar-refractivity contribution in [2.75, 3.05) is 0 Å². The maximum absolute atomic E-state index is 12.6. The van der Waals surface area contributed by atoms with Gasteiger partial charge in [0.2, 0.25) is 0 Å². The molecule has 7 heteroatoms. The zero-order valence-corrected chi connectivity index (χ0v) is 14.4. The fraction of sp³-hybridized carbons (Fsp3) is 0.263. The molecule has 2 N–H and O–H groups in total. The van der Waals surface area contributed by atoms with Gasteiger partial charge in [0.15, 0.2) is 0 Å². The number of rotatable bonds is 6. The zero-order valence-electron chi connectivity index (χ0n) is 14.4. The van der Waals surface area contributed by atoms with Crippen LogP contribution in [-0.2, 0) is 0 Å². The maximum Gasteiger partial charge on any atom is 0.387 e. The number of fused-ring (bicyclic) bond motifs is 1. The molecule has 0 saturated carbocycles. The topological polar surface area (TPSA) is 67.0 Å². The lowest BCUT2D eigenvalue weighted by molar-refractivity contribution is -0.0498. The fourth-order valence-corrected chi connectivity index (χ4v) is 2.71. The molecule has 3 rings (SSSR count). The van der Waals surface area contributed by atoms with E-state index in [1.165, 1.54) is 18.2 Å². The maximum atomic E-state index is 12.6. The Labute approximate surface area is 149 Å². The Morgan fingerprint density at radius 2 is 1.92 bits per heavy atom. The lowest BCUT2D eigenvalue weighted by Gasteiger charge is -2.20. The van der Waals surface area contributed by atoms with Crippen LogP contribution in [0.25, 0.3) is 11.0 Å². The molecule has 0 unspecified atom stereocenters. The van der Waals surface area contributed by atoms with Crippen LogP contribution in [0.3, 0.4) is 0 Å². The van der Waals surface area contributed by atoms with Crippen molar-refractivity contribution < 1.29 is 18.3 Å². The first-order chi connectivity index (χ1) is 12.4. The van der Waals surface area contributed by atoms with Crippen LogP contribution < -0.4 is 10.1 Å². The minimum Gasteiger partial charge on any atom is -0.435 e. The molecule has 0 aliphatic carbocycles. The largest absolute Gasteiger partial charge is 0.435 e. The predicted octanol–water partition coefficient (Wildman–Crippen LogP) is 4.29. The van der Waals surface area contributed by atoms with Gasteiger partial charge in [-0.25, -0.2) is 4.98 Å². The van der Waals surface area contributed by atoms with Gasteiger partial charge in [-0.3, -0.25) is 4.79 Å². The SMILES string of the molecule is CC(C)[C@H](NC(=O)c1cccc(OC(F)F)c1)c1nc2ccccc2[nH]1. The average Bonchev–Trinajstić information content (AvgIpc) is 3.02. The number of carbonyl (C=O) groups excluding carboxylic acids is 1. The van der Waals surface area contributed by atoms with Gasteiger partial charge in [-0.05, 0) is 36.2 Å². The first-order valence-electron chi connectivity index (χ1n) is 8.24. The van der Waals surface area contributed by atoms with Gasteiger partial charge in [0.1, 0.15) is 11.6 Å². The number of nitrogens with zero attached hydrogens (tertiary/aromatic N) is 1. The molecule has 0 radical (unpaired) electrons. The second-order valence-electron chi connectivity index (χ2n) is 6.24. The van der Waals surface area contributed by atoms with Crippen LogP contribution in [0.4, 0.5) is 8.78 Å². The third-order valence-electron chi connectivity index (χ3n) is 3.98. The number of imidazole rings is 1. The number of alkyl halides is 2. The summed E-state index contributed by atoms with van der Waals surface area (Å²) in [6.45, 7) is 0.996. The molecule has 136 valence electrons. The van der Waals surface area contributed by atoms with Crippen molar-refractivity contribution >= 4 is 16.9 Å². The summed E-state index contributed by atoms with van der Waals surface area (Å²) in [4.78, 5) is 20.4. The molecule has 0 aliphatic rings. The molecule has 2 aromatic carbocycles. The highest BCUT2D eigenvalue weighted by molar-refractivity contribution is 5.94. The van der Waals surface area contributed by atoms with Crippen LogP contribution in [0, 0.1) is 5.92 Å². The van der Waals surface area contributed by atoms with E-state index in [1.807, 2.05) is 38.1 Å². The quantitative estimate of drug-likeness (QED) is 0.690. The first-order valence-corrected chi connectivity index (χ1v) is 8.24. The second kappa shape index (κ2) is 7.51. The van der Waals surface area contributed by atoms with E-state index >= 15 is 0 Å². The number of hydrogen-bond acceptors (Lipinski definition) is 3. The van der Waals surface area contributed by atoms with E-state index < -0.39 is 6.61 Å². The Kier molecular flexibility index (Phi) is 5.16. The molecule has 0 spiro atoms. The van der Waals surface area contributed by atoms with Gasteiger partial charge < -0.3 is 15.0 Å². The summed E-state index contributed by atoms with van der Waals surface area (Å²) in [5.74, 6) is 0.274. The van der Waals surface area contributed by atoms with Crippen molar-refractivity contribution in [3.63, 3.8) is 0 Å². The van der Waals surface area contributed by atoms with Crippen LogP contribution in [0.5, 0.6) is 5.75 Å². The first kappa shape index (κ1) is 17.8. The Hall–Kier alpha value is -2.96. The monoisotopic (exact) mass is 359 g/mol. The molecular weight excluding hydrogens is 340 g/mol. The summed E-state index contributed by atoms with van der Waals surface area (Å²) in [6.07, 6.45) is 0. The number of halogens is 2. The van der Waals surface area contributed by atoms with E-state index in [0.717, 1.165) is 11.0 Å². The smallest absolute Gasteiger partial charge is 0.387 e. The fourth-order valence-electron chi connectivity index (χ4n) is 2.71.